The average molecular weight is 352 g/mol. The molecule has 3 atom stereocenters. The van der Waals surface area contributed by atoms with Gasteiger partial charge in [0.2, 0.25) is 17.7 Å². The van der Waals surface area contributed by atoms with Crippen LogP contribution in [0.4, 0.5) is 0 Å². The van der Waals surface area contributed by atoms with Gasteiger partial charge in [0.05, 0.1) is 17.9 Å². The number of hydrogen-bond acceptors (Lipinski definition) is 3. The summed E-state index contributed by atoms with van der Waals surface area (Å²) in [6.07, 6.45) is 8.43. The Kier molecular flexibility index (Phi) is 4.62. The second-order valence-corrected chi connectivity index (χ2v) is 7.45. The van der Waals surface area contributed by atoms with Gasteiger partial charge in [-0.05, 0) is 43.2 Å². The molecule has 4 rings (SSSR count). The SMILES string of the molecule is O=C(CCN1C(=O)[C@H]2CC=CC[C@H]2C1=O)NC1CCCc2ccccc21. The Bertz CT molecular complexity index is 744. The van der Waals surface area contributed by atoms with Crippen molar-refractivity contribution in [1.29, 1.82) is 0 Å². The van der Waals surface area contributed by atoms with Crippen LogP contribution in [0.25, 0.3) is 0 Å². The highest BCUT2D eigenvalue weighted by Gasteiger charge is 2.46. The van der Waals surface area contributed by atoms with Crippen LogP contribution in [0.15, 0.2) is 36.4 Å². The van der Waals surface area contributed by atoms with E-state index in [9.17, 15) is 14.4 Å². The summed E-state index contributed by atoms with van der Waals surface area (Å²) in [5, 5.41) is 3.09. The number of carbonyl (C=O) groups is 3. The van der Waals surface area contributed by atoms with E-state index in [0.717, 1.165) is 19.3 Å². The first kappa shape index (κ1) is 17.0. The second kappa shape index (κ2) is 7.06. The number of allylic oxidation sites excluding steroid dienone is 2. The molecule has 1 saturated heterocycles. The summed E-state index contributed by atoms with van der Waals surface area (Å²) >= 11 is 0. The minimum absolute atomic E-state index is 0.0317. The molecule has 5 heteroatoms. The van der Waals surface area contributed by atoms with Crippen molar-refractivity contribution < 1.29 is 14.4 Å². The van der Waals surface area contributed by atoms with Crippen molar-refractivity contribution in [3.63, 3.8) is 0 Å². The van der Waals surface area contributed by atoms with Crippen molar-refractivity contribution in [1.82, 2.24) is 10.2 Å². The van der Waals surface area contributed by atoms with Gasteiger partial charge in [0.25, 0.3) is 0 Å². The molecular weight excluding hydrogens is 328 g/mol. The molecule has 0 aromatic heterocycles. The van der Waals surface area contributed by atoms with Crippen LogP contribution in [0.5, 0.6) is 0 Å². The van der Waals surface area contributed by atoms with Gasteiger partial charge >= 0.3 is 0 Å². The molecule has 1 aromatic carbocycles. The number of amides is 3. The highest BCUT2D eigenvalue weighted by Crippen LogP contribution is 2.35. The van der Waals surface area contributed by atoms with E-state index >= 15 is 0 Å². The van der Waals surface area contributed by atoms with Crippen LogP contribution in [0.2, 0.25) is 0 Å². The van der Waals surface area contributed by atoms with Crippen LogP contribution < -0.4 is 5.32 Å². The minimum atomic E-state index is -0.221. The van der Waals surface area contributed by atoms with Crippen LogP contribution in [0.1, 0.15) is 49.3 Å². The summed E-state index contributed by atoms with van der Waals surface area (Å²) in [7, 11) is 0. The number of benzene rings is 1. The fourth-order valence-corrected chi connectivity index (χ4v) is 4.47. The number of nitrogens with zero attached hydrogens (tertiary/aromatic N) is 1. The molecular formula is C21H24N2O3. The van der Waals surface area contributed by atoms with Crippen molar-refractivity contribution >= 4 is 17.7 Å². The largest absolute Gasteiger partial charge is 0.349 e. The van der Waals surface area contributed by atoms with Crippen molar-refractivity contribution in [2.75, 3.05) is 6.54 Å². The smallest absolute Gasteiger partial charge is 0.233 e. The van der Waals surface area contributed by atoms with E-state index in [4.69, 9.17) is 0 Å². The monoisotopic (exact) mass is 352 g/mol. The summed E-state index contributed by atoms with van der Waals surface area (Å²) in [4.78, 5) is 38.6. The molecule has 5 nitrogen and oxygen atoms in total. The van der Waals surface area contributed by atoms with E-state index in [0.29, 0.717) is 12.8 Å². The maximum atomic E-state index is 12.5. The number of hydrogen-bond donors (Lipinski definition) is 1. The first-order valence-electron chi connectivity index (χ1n) is 9.52. The van der Waals surface area contributed by atoms with Crippen LogP contribution in [0.3, 0.4) is 0 Å². The molecule has 136 valence electrons. The summed E-state index contributed by atoms with van der Waals surface area (Å²) in [5.74, 6) is -0.762. The summed E-state index contributed by atoms with van der Waals surface area (Å²) in [6.45, 7) is 0.185. The maximum absolute atomic E-state index is 12.5. The quantitative estimate of drug-likeness (QED) is 0.669. The lowest BCUT2D eigenvalue weighted by molar-refractivity contribution is -0.140. The standard InChI is InChI=1S/C21H24N2O3/c24-19(22-18-11-5-7-14-6-1-2-8-15(14)18)12-13-23-20(25)16-9-3-4-10-17(16)21(23)26/h1-4,6,8,16-18H,5,7,9-13H2,(H,22,24)/t16-,17+,18?. The van der Waals surface area contributed by atoms with Crippen LogP contribution in [0, 0.1) is 11.8 Å². The molecule has 2 aliphatic carbocycles. The van der Waals surface area contributed by atoms with E-state index in [1.54, 1.807) is 0 Å². The first-order chi connectivity index (χ1) is 12.6. The third kappa shape index (κ3) is 3.06. The highest BCUT2D eigenvalue weighted by atomic mass is 16.2. The van der Waals surface area contributed by atoms with E-state index < -0.39 is 0 Å². The predicted octanol–water partition coefficient (Wildman–Crippen LogP) is 2.52. The molecule has 1 heterocycles. The number of carbonyl (C=O) groups excluding carboxylic acids is 3. The topological polar surface area (TPSA) is 66.5 Å². The zero-order chi connectivity index (χ0) is 18.1. The molecule has 3 amide bonds. The third-order valence-corrected chi connectivity index (χ3v) is 5.87. The number of likely N-dealkylation sites (tertiary alicyclic amines) is 1. The van der Waals surface area contributed by atoms with Gasteiger partial charge < -0.3 is 5.32 Å². The number of imide groups is 1. The van der Waals surface area contributed by atoms with Crippen molar-refractivity contribution in [3.8, 4) is 0 Å². The molecule has 0 spiro atoms. The molecule has 0 bridgehead atoms. The summed E-state index contributed by atoms with van der Waals surface area (Å²) < 4.78 is 0. The molecule has 3 aliphatic rings. The third-order valence-electron chi connectivity index (χ3n) is 5.87. The fraction of sp³-hybridized carbons (Fsp3) is 0.476. The molecule has 1 aliphatic heterocycles. The summed E-state index contributed by atoms with van der Waals surface area (Å²) in [5.41, 5.74) is 2.49. The van der Waals surface area contributed by atoms with Gasteiger partial charge in [-0.15, -0.1) is 0 Å². The Morgan fingerprint density at radius 1 is 1.08 bits per heavy atom. The molecule has 0 saturated carbocycles. The van der Waals surface area contributed by atoms with Gasteiger partial charge in [-0.3, -0.25) is 19.3 Å². The van der Waals surface area contributed by atoms with Crippen LogP contribution in [-0.2, 0) is 20.8 Å². The Morgan fingerprint density at radius 3 is 2.50 bits per heavy atom. The lowest BCUT2D eigenvalue weighted by atomic mass is 9.85. The highest BCUT2D eigenvalue weighted by molar-refractivity contribution is 6.05. The van der Waals surface area contributed by atoms with Gasteiger partial charge in [-0.25, -0.2) is 0 Å². The Balaban J connectivity index is 1.35. The lowest BCUT2D eigenvalue weighted by Gasteiger charge is -2.26. The Morgan fingerprint density at radius 2 is 1.77 bits per heavy atom. The minimum Gasteiger partial charge on any atom is -0.349 e. The average Bonchev–Trinajstić information content (AvgIpc) is 2.91. The van der Waals surface area contributed by atoms with Gasteiger partial charge in [-0.2, -0.15) is 0 Å². The molecule has 1 N–H and O–H groups in total. The Labute approximate surface area is 153 Å². The first-order valence-corrected chi connectivity index (χ1v) is 9.52. The van der Waals surface area contributed by atoms with E-state index in [1.807, 2.05) is 24.3 Å². The zero-order valence-electron chi connectivity index (χ0n) is 14.8. The van der Waals surface area contributed by atoms with Gasteiger partial charge in [0, 0.05) is 13.0 Å². The van der Waals surface area contributed by atoms with Crippen molar-refractivity contribution in [2.24, 2.45) is 11.8 Å². The number of nitrogens with one attached hydrogen (secondary N) is 1. The molecule has 1 unspecified atom stereocenters. The van der Waals surface area contributed by atoms with Gasteiger partial charge in [0.1, 0.15) is 0 Å². The number of rotatable bonds is 4. The lowest BCUT2D eigenvalue weighted by Crippen LogP contribution is -2.37. The zero-order valence-corrected chi connectivity index (χ0v) is 14.8. The van der Waals surface area contributed by atoms with Crippen molar-refractivity contribution in [3.05, 3.63) is 47.5 Å². The molecule has 26 heavy (non-hydrogen) atoms. The predicted molar refractivity (Wildman–Crippen MR) is 97.0 cm³/mol. The second-order valence-electron chi connectivity index (χ2n) is 7.45. The molecule has 0 radical (unpaired) electrons. The normalized spacial score (nSPS) is 27.2. The Hall–Kier alpha value is -2.43. The molecule has 1 fully saturated rings. The van der Waals surface area contributed by atoms with Crippen molar-refractivity contribution in [2.45, 2.75) is 44.6 Å². The van der Waals surface area contributed by atoms with E-state index in [2.05, 4.69) is 17.4 Å². The number of aryl methyl sites for hydroxylation is 1. The maximum Gasteiger partial charge on any atom is 0.233 e. The number of fused-ring (bicyclic) bond motifs is 2. The molecule has 1 aromatic rings. The van der Waals surface area contributed by atoms with Gasteiger partial charge in [0.15, 0.2) is 0 Å². The van der Waals surface area contributed by atoms with Crippen LogP contribution in [-0.4, -0.2) is 29.2 Å². The van der Waals surface area contributed by atoms with E-state index in [1.165, 1.54) is 16.0 Å². The fourth-order valence-electron chi connectivity index (χ4n) is 4.47. The van der Waals surface area contributed by atoms with E-state index in [-0.39, 0.29) is 48.6 Å². The van der Waals surface area contributed by atoms with Gasteiger partial charge in [-0.1, -0.05) is 36.4 Å². The van der Waals surface area contributed by atoms with Crippen LogP contribution >= 0.6 is 0 Å². The summed E-state index contributed by atoms with van der Waals surface area (Å²) in [6, 6.07) is 8.25.